The Labute approximate surface area is 187 Å². The zero-order valence-corrected chi connectivity index (χ0v) is 18.2. The molecular weight excluding hydrogens is 404 g/mol. The lowest BCUT2D eigenvalue weighted by Crippen LogP contribution is -2.37. The fourth-order valence-electron chi connectivity index (χ4n) is 3.88. The highest BCUT2D eigenvalue weighted by atomic mass is 16.5. The van der Waals surface area contributed by atoms with Crippen LogP contribution in [0.4, 0.5) is 0 Å². The maximum absolute atomic E-state index is 13.2. The van der Waals surface area contributed by atoms with Crippen LogP contribution in [-0.2, 0) is 11.2 Å². The van der Waals surface area contributed by atoms with Crippen molar-refractivity contribution in [3.63, 3.8) is 0 Å². The number of amides is 2. The summed E-state index contributed by atoms with van der Waals surface area (Å²) in [6, 6.07) is 16.4. The molecular formula is C26H26N2O4. The fraction of sp³-hybridized carbons (Fsp3) is 0.231. The summed E-state index contributed by atoms with van der Waals surface area (Å²) in [5, 5.41) is 5.84. The van der Waals surface area contributed by atoms with Crippen molar-refractivity contribution in [1.82, 2.24) is 10.6 Å². The van der Waals surface area contributed by atoms with Crippen LogP contribution in [-0.4, -0.2) is 18.9 Å². The van der Waals surface area contributed by atoms with Gasteiger partial charge in [-0.3, -0.25) is 9.59 Å². The van der Waals surface area contributed by atoms with Gasteiger partial charge in [0.15, 0.2) is 0 Å². The van der Waals surface area contributed by atoms with Crippen molar-refractivity contribution < 1.29 is 18.7 Å². The smallest absolute Gasteiger partial charge is 0.268 e. The van der Waals surface area contributed by atoms with Gasteiger partial charge < -0.3 is 19.8 Å². The molecule has 6 nitrogen and oxygen atoms in total. The van der Waals surface area contributed by atoms with E-state index in [4.69, 9.17) is 9.15 Å². The molecule has 2 amide bonds. The molecule has 1 unspecified atom stereocenters. The predicted octanol–water partition coefficient (Wildman–Crippen LogP) is 4.56. The number of fused-ring (bicyclic) bond motifs is 1. The van der Waals surface area contributed by atoms with Crippen molar-refractivity contribution >= 4 is 17.9 Å². The number of hydrogen-bond acceptors (Lipinski definition) is 4. The zero-order chi connectivity index (χ0) is 22.5. The van der Waals surface area contributed by atoms with E-state index in [1.807, 2.05) is 37.3 Å². The third-order valence-corrected chi connectivity index (χ3v) is 5.61. The second kappa shape index (κ2) is 9.56. The van der Waals surface area contributed by atoms with Crippen LogP contribution < -0.4 is 15.4 Å². The molecule has 0 saturated heterocycles. The summed E-state index contributed by atoms with van der Waals surface area (Å²) in [7, 11) is 1.65. The van der Waals surface area contributed by atoms with Gasteiger partial charge in [-0.15, -0.1) is 0 Å². The lowest BCUT2D eigenvalue weighted by Gasteiger charge is -2.27. The van der Waals surface area contributed by atoms with Crippen molar-refractivity contribution in [2.75, 3.05) is 7.11 Å². The Hall–Kier alpha value is -3.80. The van der Waals surface area contributed by atoms with E-state index < -0.39 is 0 Å². The molecule has 0 bridgehead atoms. The lowest BCUT2D eigenvalue weighted by atomic mass is 9.87. The number of aryl methyl sites for hydroxylation is 2. The number of ether oxygens (including phenoxy) is 1. The molecule has 32 heavy (non-hydrogen) atoms. The van der Waals surface area contributed by atoms with Crippen LogP contribution in [0.2, 0.25) is 0 Å². The third-order valence-electron chi connectivity index (χ3n) is 5.61. The van der Waals surface area contributed by atoms with Crippen molar-refractivity contribution in [3.8, 4) is 5.75 Å². The van der Waals surface area contributed by atoms with Gasteiger partial charge in [-0.2, -0.15) is 0 Å². The molecule has 0 saturated carbocycles. The van der Waals surface area contributed by atoms with Gasteiger partial charge in [0, 0.05) is 11.6 Å². The van der Waals surface area contributed by atoms with E-state index in [1.165, 1.54) is 11.8 Å². The molecule has 0 spiro atoms. The Balaban J connectivity index is 1.56. The molecule has 0 fully saturated rings. The summed E-state index contributed by atoms with van der Waals surface area (Å²) < 4.78 is 10.7. The zero-order valence-electron chi connectivity index (χ0n) is 18.2. The molecule has 4 rings (SSSR count). The average molecular weight is 431 g/mol. The second-order valence-corrected chi connectivity index (χ2v) is 7.88. The summed E-state index contributed by atoms with van der Waals surface area (Å²) in [6.07, 6.45) is 5.79. The Morgan fingerprint density at radius 3 is 2.66 bits per heavy atom. The van der Waals surface area contributed by atoms with E-state index in [9.17, 15) is 9.59 Å². The number of rotatable bonds is 6. The van der Waals surface area contributed by atoms with Crippen molar-refractivity contribution in [2.24, 2.45) is 0 Å². The minimum Gasteiger partial charge on any atom is -0.497 e. The largest absolute Gasteiger partial charge is 0.497 e. The van der Waals surface area contributed by atoms with Crippen molar-refractivity contribution in [1.29, 1.82) is 0 Å². The number of nitrogens with one attached hydrogen (secondary N) is 2. The highest BCUT2D eigenvalue weighted by molar-refractivity contribution is 6.05. The molecule has 3 aromatic rings. The lowest BCUT2D eigenvalue weighted by molar-refractivity contribution is -0.118. The Morgan fingerprint density at radius 1 is 1.12 bits per heavy atom. The second-order valence-electron chi connectivity index (χ2n) is 7.88. The Bertz CT molecular complexity index is 1130. The summed E-state index contributed by atoms with van der Waals surface area (Å²) in [5.74, 6) is 0.565. The first-order valence-corrected chi connectivity index (χ1v) is 10.6. The number of carbonyl (C=O) groups excluding carboxylic acids is 2. The number of methoxy groups -OCH3 is 1. The van der Waals surface area contributed by atoms with Crippen LogP contribution >= 0.6 is 0 Å². The van der Waals surface area contributed by atoms with Crippen molar-refractivity contribution in [2.45, 2.75) is 32.2 Å². The molecule has 2 N–H and O–H groups in total. The third kappa shape index (κ3) is 4.91. The van der Waals surface area contributed by atoms with Gasteiger partial charge in [0.1, 0.15) is 17.2 Å². The topological polar surface area (TPSA) is 80.6 Å². The predicted molar refractivity (Wildman–Crippen MR) is 122 cm³/mol. The molecule has 1 heterocycles. The summed E-state index contributed by atoms with van der Waals surface area (Å²) in [6.45, 7) is 1.95. The van der Waals surface area contributed by atoms with E-state index in [0.717, 1.165) is 36.1 Å². The number of furan rings is 1. The van der Waals surface area contributed by atoms with E-state index in [2.05, 4.69) is 10.6 Å². The van der Waals surface area contributed by atoms with Crippen molar-refractivity contribution in [3.05, 3.63) is 94.6 Å². The van der Waals surface area contributed by atoms with Crippen LogP contribution in [0.3, 0.4) is 0 Å². The molecule has 1 atom stereocenters. The molecule has 2 aromatic carbocycles. The molecule has 164 valence electrons. The van der Waals surface area contributed by atoms with Gasteiger partial charge in [-0.25, -0.2) is 0 Å². The normalized spacial score (nSPS) is 15.6. The SMILES string of the molecule is COc1ccc2c(c1)CCCC2NC(=O)/C(=C/c1ccco1)NC(=O)c1ccc(C)cc1. The number of benzene rings is 2. The van der Waals surface area contributed by atoms with Crippen LogP contribution in [0, 0.1) is 6.92 Å². The van der Waals surface area contributed by atoms with Gasteiger partial charge in [-0.05, 0) is 73.7 Å². The first kappa shape index (κ1) is 21.4. The maximum Gasteiger partial charge on any atom is 0.268 e. The maximum atomic E-state index is 13.2. The first-order valence-electron chi connectivity index (χ1n) is 10.6. The minimum absolute atomic E-state index is 0.131. The highest BCUT2D eigenvalue weighted by Gasteiger charge is 2.24. The summed E-state index contributed by atoms with van der Waals surface area (Å²) in [4.78, 5) is 26.0. The number of carbonyl (C=O) groups is 2. The van der Waals surface area contributed by atoms with Gasteiger partial charge in [0.25, 0.3) is 11.8 Å². The van der Waals surface area contributed by atoms with Gasteiger partial charge >= 0.3 is 0 Å². The molecule has 0 radical (unpaired) electrons. The molecule has 1 aromatic heterocycles. The quantitative estimate of drug-likeness (QED) is 0.562. The highest BCUT2D eigenvalue weighted by Crippen LogP contribution is 2.32. The van der Waals surface area contributed by atoms with E-state index in [0.29, 0.717) is 11.3 Å². The van der Waals surface area contributed by atoms with E-state index in [1.54, 1.807) is 37.5 Å². The minimum atomic E-state index is -0.365. The molecule has 1 aliphatic carbocycles. The average Bonchev–Trinajstić information content (AvgIpc) is 3.32. The Morgan fingerprint density at radius 2 is 1.94 bits per heavy atom. The van der Waals surface area contributed by atoms with Crippen LogP contribution in [0.5, 0.6) is 5.75 Å². The molecule has 6 heteroatoms. The summed E-state index contributed by atoms with van der Waals surface area (Å²) in [5.41, 5.74) is 3.90. The van der Waals surface area contributed by atoms with E-state index in [-0.39, 0.29) is 23.6 Å². The molecule has 0 aliphatic heterocycles. The van der Waals surface area contributed by atoms with E-state index >= 15 is 0 Å². The standard InChI is InChI=1S/C26H26N2O4/c1-17-8-10-18(11-9-17)25(29)28-24(16-21-6-4-14-32-21)26(30)27-23-7-3-5-19-15-20(31-2)12-13-22(19)23/h4,6,8-16,23H,3,5,7H2,1-2H3,(H,27,30)(H,28,29)/b24-16-. The van der Waals surface area contributed by atoms with Crippen LogP contribution in [0.15, 0.2) is 71.0 Å². The first-order chi connectivity index (χ1) is 15.5. The van der Waals surface area contributed by atoms with Crippen LogP contribution in [0.1, 0.15) is 51.7 Å². The van der Waals surface area contributed by atoms with Gasteiger partial charge in [0.05, 0.1) is 19.4 Å². The van der Waals surface area contributed by atoms with Gasteiger partial charge in [0.2, 0.25) is 0 Å². The Kier molecular flexibility index (Phi) is 6.40. The summed E-state index contributed by atoms with van der Waals surface area (Å²) >= 11 is 0. The van der Waals surface area contributed by atoms with Crippen LogP contribution in [0.25, 0.3) is 6.08 Å². The fourth-order valence-corrected chi connectivity index (χ4v) is 3.88. The molecule has 1 aliphatic rings. The number of hydrogen-bond donors (Lipinski definition) is 2. The van der Waals surface area contributed by atoms with Gasteiger partial charge in [-0.1, -0.05) is 23.8 Å². The monoisotopic (exact) mass is 430 g/mol.